The molecule has 45 heavy (non-hydrogen) atoms. The molecule has 0 radical (unpaired) electrons. The lowest BCUT2D eigenvalue weighted by molar-refractivity contribution is -0.132. The SMILES string of the molecule is CC(C)[C@H](NC(=O)OC(C)(C)C)C(=O)N[C@@H](Cc1ccccc1)C(=O)N[C@@H](C(C)C)[C@@H](O)C[C@@H](C)C(=O)NCc1ccccc1. The van der Waals surface area contributed by atoms with Crippen molar-refractivity contribution in [3.05, 3.63) is 71.8 Å². The molecular weight excluding hydrogens is 572 g/mol. The van der Waals surface area contributed by atoms with Gasteiger partial charge in [-0.25, -0.2) is 4.79 Å². The predicted molar refractivity (Wildman–Crippen MR) is 175 cm³/mol. The summed E-state index contributed by atoms with van der Waals surface area (Å²) in [6.07, 6.45) is -1.43. The monoisotopic (exact) mass is 624 g/mol. The van der Waals surface area contributed by atoms with Crippen molar-refractivity contribution in [3.63, 3.8) is 0 Å². The van der Waals surface area contributed by atoms with Crippen LogP contribution in [0.2, 0.25) is 0 Å². The minimum Gasteiger partial charge on any atom is -0.444 e. The van der Waals surface area contributed by atoms with Gasteiger partial charge in [0.1, 0.15) is 17.7 Å². The molecule has 10 heteroatoms. The first kappa shape index (κ1) is 37.3. The van der Waals surface area contributed by atoms with Crippen LogP contribution in [0, 0.1) is 17.8 Å². The zero-order valence-electron chi connectivity index (χ0n) is 27.9. The Balaban J connectivity index is 2.16. The Morgan fingerprint density at radius 1 is 0.733 bits per heavy atom. The molecule has 0 bridgehead atoms. The van der Waals surface area contributed by atoms with Crippen LogP contribution in [-0.2, 0) is 32.1 Å². The second kappa shape index (κ2) is 17.5. The molecule has 0 spiro atoms. The number of aliphatic hydroxyl groups is 1. The van der Waals surface area contributed by atoms with Crippen molar-refractivity contribution in [2.75, 3.05) is 0 Å². The van der Waals surface area contributed by atoms with E-state index in [1.54, 1.807) is 41.5 Å². The van der Waals surface area contributed by atoms with Crippen LogP contribution < -0.4 is 21.3 Å². The first-order valence-corrected chi connectivity index (χ1v) is 15.7. The summed E-state index contributed by atoms with van der Waals surface area (Å²) in [5.41, 5.74) is 1.05. The largest absolute Gasteiger partial charge is 0.444 e. The fraction of sp³-hybridized carbons (Fsp3) is 0.543. The lowest BCUT2D eigenvalue weighted by Gasteiger charge is -2.31. The van der Waals surface area contributed by atoms with Gasteiger partial charge in [0.2, 0.25) is 17.7 Å². The molecule has 0 aliphatic heterocycles. The second-order valence-electron chi connectivity index (χ2n) is 13.3. The van der Waals surface area contributed by atoms with Gasteiger partial charge in [-0.1, -0.05) is 95.3 Å². The van der Waals surface area contributed by atoms with E-state index < -0.39 is 53.7 Å². The van der Waals surface area contributed by atoms with E-state index in [2.05, 4.69) is 21.3 Å². The van der Waals surface area contributed by atoms with Gasteiger partial charge in [0.15, 0.2) is 0 Å². The standard InChI is InChI=1S/C35H52N4O6/c1-22(2)29(28(40)19-24(5)31(41)36-21-26-17-13-10-14-18-26)38-32(42)27(20-25-15-11-9-12-16-25)37-33(43)30(23(3)4)39-34(44)45-35(6,7)8/h9-18,22-24,27-30,40H,19-21H2,1-8H3,(H,36,41)(H,37,43)(H,38,42)(H,39,44)/t24-,27+,28+,29+,30+/m1/s1. The highest BCUT2D eigenvalue weighted by Gasteiger charge is 2.33. The molecule has 2 aromatic rings. The molecule has 0 aliphatic carbocycles. The zero-order valence-corrected chi connectivity index (χ0v) is 27.9. The summed E-state index contributed by atoms with van der Waals surface area (Å²) >= 11 is 0. The molecule has 0 aliphatic rings. The molecule has 5 atom stereocenters. The Kier molecular flexibility index (Phi) is 14.5. The molecule has 0 saturated carbocycles. The quantitative estimate of drug-likeness (QED) is 0.202. The Morgan fingerprint density at radius 3 is 1.80 bits per heavy atom. The number of carbonyl (C=O) groups is 4. The van der Waals surface area contributed by atoms with E-state index >= 15 is 0 Å². The van der Waals surface area contributed by atoms with E-state index in [0.29, 0.717) is 6.54 Å². The number of aliphatic hydroxyl groups excluding tert-OH is 1. The van der Waals surface area contributed by atoms with Gasteiger partial charge in [-0.2, -0.15) is 0 Å². The number of hydrogen-bond acceptors (Lipinski definition) is 6. The maximum Gasteiger partial charge on any atom is 0.408 e. The van der Waals surface area contributed by atoms with Gasteiger partial charge in [-0.05, 0) is 50.2 Å². The van der Waals surface area contributed by atoms with E-state index in [4.69, 9.17) is 4.74 Å². The molecule has 0 unspecified atom stereocenters. The first-order valence-electron chi connectivity index (χ1n) is 15.7. The van der Waals surface area contributed by atoms with Crippen molar-refractivity contribution in [2.24, 2.45) is 17.8 Å². The molecule has 0 fully saturated rings. The van der Waals surface area contributed by atoms with Gasteiger partial charge in [-0.15, -0.1) is 0 Å². The smallest absolute Gasteiger partial charge is 0.408 e. The van der Waals surface area contributed by atoms with Crippen LogP contribution in [0.15, 0.2) is 60.7 Å². The molecule has 248 valence electrons. The summed E-state index contributed by atoms with van der Waals surface area (Å²) in [5.74, 6) is -2.18. The Labute approximate surface area is 268 Å². The highest BCUT2D eigenvalue weighted by atomic mass is 16.6. The van der Waals surface area contributed by atoms with Gasteiger partial charge in [-0.3, -0.25) is 14.4 Å². The third-order valence-electron chi connectivity index (χ3n) is 7.33. The zero-order chi connectivity index (χ0) is 33.7. The van der Waals surface area contributed by atoms with Crippen LogP contribution in [0.3, 0.4) is 0 Å². The maximum atomic E-state index is 13.8. The van der Waals surface area contributed by atoms with Crippen molar-refractivity contribution in [1.29, 1.82) is 0 Å². The topological polar surface area (TPSA) is 146 Å². The normalized spacial score (nSPS) is 14.9. The van der Waals surface area contributed by atoms with Crippen LogP contribution in [0.4, 0.5) is 4.79 Å². The van der Waals surface area contributed by atoms with E-state index in [1.165, 1.54) is 0 Å². The van der Waals surface area contributed by atoms with Gasteiger partial charge in [0, 0.05) is 18.9 Å². The van der Waals surface area contributed by atoms with E-state index in [9.17, 15) is 24.3 Å². The second-order valence-corrected chi connectivity index (χ2v) is 13.3. The summed E-state index contributed by atoms with van der Waals surface area (Å²) in [4.78, 5) is 52.5. The van der Waals surface area contributed by atoms with Gasteiger partial charge < -0.3 is 31.1 Å². The fourth-order valence-electron chi connectivity index (χ4n) is 4.84. The van der Waals surface area contributed by atoms with Crippen molar-refractivity contribution >= 4 is 23.8 Å². The third-order valence-corrected chi connectivity index (χ3v) is 7.33. The summed E-state index contributed by atoms with van der Waals surface area (Å²) in [6.45, 7) is 14.6. The Hall–Kier alpha value is -3.92. The number of hydrogen-bond donors (Lipinski definition) is 5. The minimum absolute atomic E-state index is 0.134. The molecule has 0 heterocycles. The summed E-state index contributed by atoms with van der Waals surface area (Å²) < 4.78 is 5.34. The highest BCUT2D eigenvalue weighted by Crippen LogP contribution is 2.17. The van der Waals surface area contributed by atoms with Crippen LogP contribution in [0.1, 0.15) is 72.9 Å². The van der Waals surface area contributed by atoms with Crippen LogP contribution in [0.25, 0.3) is 0 Å². The number of ether oxygens (including phenoxy) is 1. The van der Waals surface area contributed by atoms with Gasteiger partial charge >= 0.3 is 6.09 Å². The summed E-state index contributed by atoms with van der Waals surface area (Å²) in [7, 11) is 0. The summed E-state index contributed by atoms with van der Waals surface area (Å²) in [6, 6.07) is 16.2. The van der Waals surface area contributed by atoms with Gasteiger partial charge in [0.25, 0.3) is 0 Å². The lowest BCUT2D eigenvalue weighted by atomic mass is 9.91. The van der Waals surface area contributed by atoms with Crippen molar-refractivity contribution < 1.29 is 29.0 Å². The number of amides is 4. The van der Waals surface area contributed by atoms with E-state index in [1.807, 2.05) is 74.5 Å². The minimum atomic E-state index is -1.02. The number of carbonyl (C=O) groups excluding carboxylic acids is 4. The molecular formula is C35H52N4O6. The van der Waals surface area contributed by atoms with Crippen LogP contribution in [0.5, 0.6) is 0 Å². The fourth-order valence-corrected chi connectivity index (χ4v) is 4.84. The highest BCUT2D eigenvalue weighted by molar-refractivity contribution is 5.91. The Morgan fingerprint density at radius 2 is 1.29 bits per heavy atom. The van der Waals surface area contributed by atoms with E-state index in [-0.39, 0.29) is 30.6 Å². The molecule has 10 nitrogen and oxygen atoms in total. The average molecular weight is 625 g/mol. The molecule has 0 aromatic heterocycles. The number of rotatable bonds is 15. The van der Waals surface area contributed by atoms with Crippen LogP contribution in [-0.4, -0.2) is 58.8 Å². The van der Waals surface area contributed by atoms with Gasteiger partial charge in [0.05, 0.1) is 12.1 Å². The summed E-state index contributed by atoms with van der Waals surface area (Å²) in [5, 5.41) is 22.5. The molecule has 2 rings (SSSR count). The van der Waals surface area contributed by atoms with E-state index in [0.717, 1.165) is 11.1 Å². The Bertz CT molecular complexity index is 1230. The molecule has 5 N–H and O–H groups in total. The third kappa shape index (κ3) is 13.3. The predicted octanol–water partition coefficient (Wildman–Crippen LogP) is 4.11. The van der Waals surface area contributed by atoms with Crippen molar-refractivity contribution in [2.45, 2.75) is 105 Å². The average Bonchev–Trinajstić information content (AvgIpc) is 2.96. The molecule has 4 amide bonds. The molecule has 0 saturated heterocycles. The maximum absolute atomic E-state index is 13.8. The number of benzene rings is 2. The first-order chi connectivity index (χ1) is 21.1. The van der Waals surface area contributed by atoms with Crippen molar-refractivity contribution in [3.8, 4) is 0 Å². The molecule has 2 aromatic carbocycles. The van der Waals surface area contributed by atoms with Crippen LogP contribution >= 0.6 is 0 Å². The lowest BCUT2D eigenvalue weighted by Crippen LogP contribution is -2.59. The number of alkyl carbamates (subject to hydrolysis) is 1. The number of nitrogens with one attached hydrogen (secondary N) is 4. The van der Waals surface area contributed by atoms with Crippen molar-refractivity contribution in [1.82, 2.24) is 21.3 Å².